The Hall–Kier alpha value is -0.850. The fourth-order valence-corrected chi connectivity index (χ4v) is 1.02. The number of nitrogens with two attached hydrogens (primary N) is 1. The summed E-state index contributed by atoms with van der Waals surface area (Å²) < 4.78 is 4.96. The molecule has 90 valence electrons. The van der Waals surface area contributed by atoms with Crippen LogP contribution in [0.25, 0.3) is 0 Å². The van der Waals surface area contributed by atoms with Crippen molar-refractivity contribution in [2.75, 3.05) is 46.9 Å². The van der Waals surface area contributed by atoms with Gasteiger partial charge in [0.2, 0.25) is 0 Å². The summed E-state index contributed by atoms with van der Waals surface area (Å²) in [6.07, 6.45) is 0.568. The van der Waals surface area contributed by atoms with E-state index in [1.54, 1.807) is 7.11 Å². The normalized spacial score (nSPS) is 12.3. The second-order valence-corrected chi connectivity index (χ2v) is 3.39. The predicted molar refractivity (Wildman–Crippen MR) is 60.3 cm³/mol. The molecule has 0 spiro atoms. The Labute approximate surface area is 91.1 Å². The number of hydrogen-bond acceptors (Lipinski definition) is 5. The minimum Gasteiger partial charge on any atom is -0.409 e. The molecule has 0 rings (SSSR count). The summed E-state index contributed by atoms with van der Waals surface area (Å²) >= 11 is 0. The number of ether oxygens (including phenoxy) is 1. The van der Waals surface area contributed by atoms with Crippen LogP contribution in [-0.2, 0) is 4.74 Å². The van der Waals surface area contributed by atoms with Crippen LogP contribution in [0.15, 0.2) is 5.16 Å². The first kappa shape index (κ1) is 14.2. The van der Waals surface area contributed by atoms with Crippen LogP contribution in [0, 0.1) is 0 Å². The lowest BCUT2D eigenvalue weighted by atomic mass is 10.4. The Balaban J connectivity index is 3.23. The Morgan fingerprint density at radius 1 is 1.47 bits per heavy atom. The van der Waals surface area contributed by atoms with Crippen molar-refractivity contribution >= 4 is 5.84 Å². The highest BCUT2D eigenvalue weighted by molar-refractivity contribution is 5.79. The van der Waals surface area contributed by atoms with Crippen LogP contribution < -0.4 is 11.1 Å². The van der Waals surface area contributed by atoms with Crippen LogP contribution >= 0.6 is 0 Å². The molecule has 0 radical (unpaired) electrons. The molecular weight excluding hydrogens is 196 g/mol. The standard InChI is InChI=1S/C9H22N4O2/c1-13(7-8-15-2)6-5-11-4-3-9(10)12-14/h11,14H,3-8H2,1-2H3,(H2,10,12). The van der Waals surface area contributed by atoms with E-state index >= 15 is 0 Å². The van der Waals surface area contributed by atoms with Crippen molar-refractivity contribution in [2.45, 2.75) is 6.42 Å². The lowest BCUT2D eigenvalue weighted by Gasteiger charge is -2.15. The van der Waals surface area contributed by atoms with Crippen molar-refractivity contribution in [3.05, 3.63) is 0 Å². The summed E-state index contributed by atoms with van der Waals surface area (Å²) in [5, 5.41) is 14.4. The smallest absolute Gasteiger partial charge is 0.140 e. The van der Waals surface area contributed by atoms with E-state index in [0.717, 1.165) is 32.8 Å². The molecule has 0 atom stereocenters. The molecule has 0 amide bonds. The highest BCUT2D eigenvalue weighted by atomic mass is 16.5. The van der Waals surface area contributed by atoms with Gasteiger partial charge in [-0.25, -0.2) is 0 Å². The molecule has 0 saturated heterocycles. The van der Waals surface area contributed by atoms with E-state index in [1.807, 2.05) is 7.05 Å². The van der Waals surface area contributed by atoms with Gasteiger partial charge >= 0.3 is 0 Å². The summed E-state index contributed by atoms with van der Waals surface area (Å²) in [4.78, 5) is 2.18. The third-order valence-corrected chi connectivity index (χ3v) is 2.03. The van der Waals surface area contributed by atoms with Crippen LogP contribution in [0.1, 0.15) is 6.42 Å². The second kappa shape index (κ2) is 9.70. The Kier molecular flexibility index (Phi) is 9.15. The molecule has 0 aliphatic carbocycles. The highest BCUT2D eigenvalue weighted by Crippen LogP contribution is 1.81. The molecule has 0 aliphatic heterocycles. The largest absolute Gasteiger partial charge is 0.409 e. The van der Waals surface area contributed by atoms with Gasteiger partial charge in [-0.05, 0) is 7.05 Å². The monoisotopic (exact) mass is 218 g/mol. The molecule has 0 aliphatic rings. The fourth-order valence-electron chi connectivity index (χ4n) is 1.02. The van der Waals surface area contributed by atoms with Gasteiger partial charge < -0.3 is 25.9 Å². The fraction of sp³-hybridized carbons (Fsp3) is 0.889. The van der Waals surface area contributed by atoms with E-state index in [1.165, 1.54) is 0 Å². The summed E-state index contributed by atoms with van der Waals surface area (Å²) in [6.45, 7) is 4.26. The van der Waals surface area contributed by atoms with Gasteiger partial charge in [-0.15, -0.1) is 0 Å². The summed E-state index contributed by atoms with van der Waals surface area (Å²) in [5.41, 5.74) is 5.31. The van der Waals surface area contributed by atoms with E-state index in [4.69, 9.17) is 15.7 Å². The first-order valence-corrected chi connectivity index (χ1v) is 5.05. The number of oxime groups is 1. The van der Waals surface area contributed by atoms with Crippen LogP contribution in [0.4, 0.5) is 0 Å². The molecule has 0 fully saturated rings. The third kappa shape index (κ3) is 9.45. The molecule has 0 aromatic rings. The Bertz CT molecular complexity index is 175. The van der Waals surface area contributed by atoms with Crippen LogP contribution in [0.3, 0.4) is 0 Å². The quantitative estimate of drug-likeness (QED) is 0.157. The molecule has 6 heteroatoms. The zero-order chi connectivity index (χ0) is 11.5. The zero-order valence-electron chi connectivity index (χ0n) is 9.57. The maximum atomic E-state index is 8.29. The summed E-state index contributed by atoms with van der Waals surface area (Å²) in [6, 6.07) is 0. The van der Waals surface area contributed by atoms with Gasteiger partial charge in [0.05, 0.1) is 6.61 Å². The third-order valence-electron chi connectivity index (χ3n) is 2.03. The average Bonchev–Trinajstić information content (AvgIpc) is 2.25. The van der Waals surface area contributed by atoms with Gasteiger partial charge in [-0.3, -0.25) is 0 Å². The predicted octanol–water partition coefficient (Wildman–Crippen LogP) is -0.709. The Morgan fingerprint density at radius 3 is 2.80 bits per heavy atom. The maximum absolute atomic E-state index is 8.29. The molecule has 0 aromatic heterocycles. The van der Waals surface area contributed by atoms with Crippen molar-refractivity contribution in [2.24, 2.45) is 10.9 Å². The van der Waals surface area contributed by atoms with Crippen molar-refractivity contribution < 1.29 is 9.94 Å². The van der Waals surface area contributed by atoms with E-state index < -0.39 is 0 Å². The molecule has 0 aromatic carbocycles. The van der Waals surface area contributed by atoms with Crippen LogP contribution in [0.2, 0.25) is 0 Å². The first-order chi connectivity index (χ1) is 7.20. The van der Waals surface area contributed by atoms with Gasteiger partial charge in [0.15, 0.2) is 0 Å². The van der Waals surface area contributed by atoms with E-state index in [0.29, 0.717) is 6.42 Å². The summed E-state index contributed by atoms with van der Waals surface area (Å²) in [5.74, 6) is 0.259. The highest BCUT2D eigenvalue weighted by Gasteiger charge is 1.97. The van der Waals surface area contributed by atoms with Crippen molar-refractivity contribution in [3.63, 3.8) is 0 Å². The molecule has 15 heavy (non-hydrogen) atoms. The van der Waals surface area contributed by atoms with Gasteiger partial charge in [-0.1, -0.05) is 5.16 Å². The Morgan fingerprint density at radius 2 is 2.20 bits per heavy atom. The first-order valence-electron chi connectivity index (χ1n) is 5.05. The molecule has 0 unspecified atom stereocenters. The SMILES string of the molecule is COCCN(C)CCNCCC(N)=NO. The lowest BCUT2D eigenvalue weighted by Crippen LogP contribution is -2.32. The molecule has 0 bridgehead atoms. The molecule has 0 heterocycles. The van der Waals surface area contributed by atoms with E-state index in [9.17, 15) is 0 Å². The topological polar surface area (TPSA) is 83.1 Å². The molecule has 6 nitrogen and oxygen atoms in total. The summed E-state index contributed by atoms with van der Waals surface area (Å²) in [7, 11) is 3.74. The van der Waals surface area contributed by atoms with Gasteiger partial charge in [0, 0.05) is 39.7 Å². The number of nitrogens with zero attached hydrogens (tertiary/aromatic N) is 2. The zero-order valence-corrected chi connectivity index (χ0v) is 9.57. The van der Waals surface area contributed by atoms with Crippen molar-refractivity contribution in [3.8, 4) is 0 Å². The number of hydrogen-bond donors (Lipinski definition) is 3. The van der Waals surface area contributed by atoms with Crippen LogP contribution in [-0.4, -0.2) is 62.9 Å². The van der Waals surface area contributed by atoms with Gasteiger partial charge in [0.25, 0.3) is 0 Å². The van der Waals surface area contributed by atoms with Crippen molar-refractivity contribution in [1.82, 2.24) is 10.2 Å². The second-order valence-electron chi connectivity index (χ2n) is 3.39. The maximum Gasteiger partial charge on any atom is 0.140 e. The number of methoxy groups -OCH3 is 1. The van der Waals surface area contributed by atoms with Crippen molar-refractivity contribution in [1.29, 1.82) is 0 Å². The number of rotatable bonds is 9. The van der Waals surface area contributed by atoms with Gasteiger partial charge in [-0.2, -0.15) is 0 Å². The van der Waals surface area contributed by atoms with E-state index in [2.05, 4.69) is 15.4 Å². The molecular formula is C9H22N4O2. The molecule has 0 saturated carbocycles. The number of nitrogens with one attached hydrogen (secondary N) is 1. The molecule has 4 N–H and O–H groups in total. The number of likely N-dealkylation sites (N-methyl/N-ethyl adjacent to an activating group) is 1. The lowest BCUT2D eigenvalue weighted by molar-refractivity contribution is 0.161. The minimum atomic E-state index is 0.259. The average molecular weight is 218 g/mol. The van der Waals surface area contributed by atoms with E-state index in [-0.39, 0.29) is 5.84 Å². The minimum absolute atomic E-state index is 0.259. The van der Waals surface area contributed by atoms with Gasteiger partial charge in [0.1, 0.15) is 5.84 Å². The van der Waals surface area contributed by atoms with Crippen LogP contribution in [0.5, 0.6) is 0 Å². The number of amidine groups is 1.